The molecule has 12 heavy (non-hydrogen) atoms. The van der Waals surface area contributed by atoms with E-state index in [1.54, 1.807) is 6.92 Å². The predicted octanol–water partition coefficient (Wildman–Crippen LogP) is -1.18. The molecule has 1 rings (SSSR count). The van der Waals surface area contributed by atoms with Crippen LogP contribution < -0.4 is 56.2 Å². The van der Waals surface area contributed by atoms with Gasteiger partial charge in [-0.2, -0.15) is 11.3 Å². The average molecular weight is 219 g/mol. The van der Waals surface area contributed by atoms with E-state index in [1.165, 1.54) is 6.92 Å². The molecule has 1 heterocycles. The van der Waals surface area contributed by atoms with E-state index in [1.807, 2.05) is 0 Å². The van der Waals surface area contributed by atoms with E-state index in [9.17, 15) is 12.9 Å². The van der Waals surface area contributed by atoms with Crippen molar-refractivity contribution >= 4 is 23.1 Å². The van der Waals surface area contributed by atoms with Gasteiger partial charge < -0.3 is 12.9 Å². The Morgan fingerprint density at radius 1 is 1.25 bits per heavy atom. The fraction of sp³-hybridized carbons (Fsp3) is 0.400. The SMILES string of the molecule is Cc1nc(C)c([B-](F)(F)F)s1.[K+]. The van der Waals surface area contributed by atoms with Crippen LogP contribution >= 0.6 is 11.3 Å². The number of thiazole rings is 1. The molecule has 1 nitrogen and oxygen atoms in total. The number of hydrogen-bond donors (Lipinski definition) is 0. The van der Waals surface area contributed by atoms with Crippen molar-refractivity contribution in [2.75, 3.05) is 0 Å². The van der Waals surface area contributed by atoms with E-state index in [2.05, 4.69) is 4.98 Å². The Morgan fingerprint density at radius 2 is 1.75 bits per heavy atom. The third kappa shape index (κ3) is 3.12. The summed E-state index contributed by atoms with van der Waals surface area (Å²) in [7, 11) is 0. The third-order valence-corrected chi connectivity index (χ3v) is 2.41. The molecule has 0 saturated heterocycles. The molecule has 1 aromatic heterocycles. The predicted molar refractivity (Wildman–Crippen MR) is 40.3 cm³/mol. The molecule has 0 saturated carbocycles. The Morgan fingerprint density at radius 3 is 1.92 bits per heavy atom. The van der Waals surface area contributed by atoms with Gasteiger partial charge in [0.2, 0.25) is 0 Å². The summed E-state index contributed by atoms with van der Waals surface area (Å²) in [6.45, 7) is -1.90. The van der Waals surface area contributed by atoms with Crippen LogP contribution in [0.15, 0.2) is 0 Å². The maximum atomic E-state index is 12.1. The van der Waals surface area contributed by atoms with Gasteiger partial charge in [-0.3, -0.25) is 4.98 Å². The zero-order chi connectivity index (χ0) is 8.65. The van der Waals surface area contributed by atoms with Crippen molar-refractivity contribution < 1.29 is 64.3 Å². The topological polar surface area (TPSA) is 12.9 Å². The molecule has 0 atom stereocenters. The van der Waals surface area contributed by atoms with Crippen LogP contribution in [0.2, 0.25) is 0 Å². The number of aromatic nitrogens is 1. The maximum absolute atomic E-state index is 12.1. The van der Waals surface area contributed by atoms with Crippen LogP contribution in [-0.4, -0.2) is 12.0 Å². The molecular weight excluding hydrogens is 213 g/mol. The van der Waals surface area contributed by atoms with Crippen molar-refractivity contribution in [3.63, 3.8) is 0 Å². The first-order valence-electron chi connectivity index (χ1n) is 3.05. The Bertz CT molecular complexity index is 272. The summed E-state index contributed by atoms with van der Waals surface area (Å²) in [6.07, 6.45) is 0. The first-order valence-corrected chi connectivity index (χ1v) is 3.87. The molecule has 7 heteroatoms. The monoisotopic (exact) mass is 219 g/mol. The van der Waals surface area contributed by atoms with Gasteiger partial charge in [0.25, 0.3) is 0 Å². The van der Waals surface area contributed by atoms with Gasteiger partial charge >= 0.3 is 58.4 Å². The molecule has 0 radical (unpaired) electrons. The molecule has 62 valence electrons. The summed E-state index contributed by atoms with van der Waals surface area (Å²) in [5, 5.41) is 0.469. The minimum absolute atomic E-state index is 0. The Balaban J connectivity index is 0.00000121. The van der Waals surface area contributed by atoms with Crippen molar-refractivity contribution in [3.8, 4) is 0 Å². The number of aryl methyl sites for hydroxylation is 2. The smallest absolute Gasteiger partial charge is 0.444 e. The molecule has 0 unspecified atom stereocenters. The first kappa shape index (κ1) is 13.1. The molecule has 0 spiro atoms. The fourth-order valence-electron chi connectivity index (χ4n) is 0.851. The molecular formula is C5H6BF3KNS. The Labute approximate surface area is 115 Å². The number of hydrogen-bond acceptors (Lipinski definition) is 2. The summed E-state index contributed by atoms with van der Waals surface area (Å²) in [6, 6.07) is 0. The van der Waals surface area contributed by atoms with Crippen molar-refractivity contribution in [1.82, 2.24) is 4.98 Å². The molecule has 0 aliphatic carbocycles. The molecule has 0 aliphatic heterocycles. The minimum Gasteiger partial charge on any atom is -0.444 e. The zero-order valence-corrected chi connectivity index (χ0v) is 11.0. The molecule has 0 fully saturated rings. The van der Waals surface area contributed by atoms with Crippen molar-refractivity contribution in [2.24, 2.45) is 0 Å². The van der Waals surface area contributed by atoms with Crippen LogP contribution in [0.3, 0.4) is 0 Å². The number of nitrogens with zero attached hydrogens (tertiary/aromatic N) is 1. The van der Waals surface area contributed by atoms with Crippen LogP contribution in [-0.2, 0) is 0 Å². The number of rotatable bonds is 1. The standard InChI is InChI=1S/C5H6BF3NS.K/c1-3-5(6(7,8)9)11-4(2)10-3;/h1-2H3;/q-1;+1. The second kappa shape index (κ2) is 4.57. The van der Waals surface area contributed by atoms with Crippen LogP contribution in [0, 0.1) is 13.8 Å². The van der Waals surface area contributed by atoms with Crippen LogP contribution in [0.1, 0.15) is 10.7 Å². The molecule has 0 N–H and O–H groups in total. The second-order valence-corrected chi connectivity index (χ2v) is 3.49. The molecule has 0 amide bonds. The molecule has 0 aliphatic rings. The van der Waals surface area contributed by atoms with Crippen LogP contribution in [0.25, 0.3) is 0 Å². The minimum atomic E-state index is -4.85. The summed E-state index contributed by atoms with van der Waals surface area (Å²) in [5.41, 5.74) is 0.0972. The van der Waals surface area contributed by atoms with E-state index in [-0.39, 0.29) is 57.1 Å². The number of halogens is 3. The third-order valence-electron chi connectivity index (χ3n) is 1.24. The molecule has 1 aromatic rings. The summed E-state index contributed by atoms with van der Waals surface area (Å²) >= 11 is 0.713. The summed E-state index contributed by atoms with van der Waals surface area (Å²) in [5.74, 6) is 0. The normalized spacial score (nSPS) is 11.1. The van der Waals surface area contributed by atoms with Gasteiger partial charge in [0.1, 0.15) is 0 Å². The zero-order valence-electron chi connectivity index (χ0n) is 7.07. The van der Waals surface area contributed by atoms with E-state index < -0.39 is 11.8 Å². The van der Waals surface area contributed by atoms with E-state index in [0.29, 0.717) is 16.3 Å². The summed E-state index contributed by atoms with van der Waals surface area (Å²) < 4.78 is 35.8. The fourth-order valence-corrected chi connectivity index (χ4v) is 1.68. The van der Waals surface area contributed by atoms with Gasteiger partial charge in [0.05, 0.1) is 5.01 Å². The summed E-state index contributed by atoms with van der Waals surface area (Å²) in [4.78, 5) is 3.69. The maximum Gasteiger partial charge on any atom is 1.00 e. The van der Waals surface area contributed by atoms with E-state index >= 15 is 0 Å². The van der Waals surface area contributed by atoms with Crippen molar-refractivity contribution in [2.45, 2.75) is 13.8 Å². The van der Waals surface area contributed by atoms with Gasteiger partial charge in [-0.25, -0.2) is 0 Å². The van der Waals surface area contributed by atoms with E-state index in [4.69, 9.17) is 0 Å². The molecule has 0 aromatic carbocycles. The van der Waals surface area contributed by atoms with Gasteiger partial charge in [-0.05, 0) is 18.6 Å². The largest absolute Gasteiger partial charge is 1.00 e. The Kier molecular flexibility index (Phi) is 4.99. The average Bonchev–Trinajstić information content (AvgIpc) is 2.08. The van der Waals surface area contributed by atoms with E-state index in [0.717, 1.165) is 0 Å². The first-order chi connectivity index (χ1) is 4.91. The van der Waals surface area contributed by atoms with Gasteiger partial charge in [-0.15, -0.1) is 0 Å². The van der Waals surface area contributed by atoms with Gasteiger partial charge in [-0.1, -0.05) is 0 Å². The van der Waals surface area contributed by atoms with Crippen LogP contribution in [0.4, 0.5) is 12.9 Å². The van der Waals surface area contributed by atoms with Crippen molar-refractivity contribution in [3.05, 3.63) is 10.7 Å². The Hall–Kier alpha value is 1.12. The molecule has 0 bridgehead atoms. The van der Waals surface area contributed by atoms with Crippen molar-refractivity contribution in [1.29, 1.82) is 0 Å². The quantitative estimate of drug-likeness (QED) is 0.542. The van der Waals surface area contributed by atoms with Gasteiger partial charge in [0, 0.05) is 5.69 Å². The van der Waals surface area contributed by atoms with Crippen LogP contribution in [0.5, 0.6) is 0 Å². The van der Waals surface area contributed by atoms with Gasteiger partial charge in [0.15, 0.2) is 0 Å². The second-order valence-electron chi connectivity index (χ2n) is 2.26.